The van der Waals surface area contributed by atoms with Gasteiger partial charge in [0.05, 0.1) is 5.88 Å². The van der Waals surface area contributed by atoms with Crippen molar-refractivity contribution in [1.82, 2.24) is 4.98 Å². The van der Waals surface area contributed by atoms with E-state index >= 15 is 0 Å². The third kappa shape index (κ3) is 2.42. The van der Waals surface area contributed by atoms with Crippen LogP contribution >= 0.6 is 22.9 Å². The van der Waals surface area contributed by atoms with Gasteiger partial charge in [0.2, 0.25) is 0 Å². The normalized spacial score (nSPS) is 12.5. The van der Waals surface area contributed by atoms with Crippen LogP contribution in [0.4, 0.5) is 9.52 Å². The second-order valence-corrected chi connectivity index (χ2v) is 3.15. The van der Waals surface area contributed by atoms with Gasteiger partial charge in [-0.1, -0.05) is 0 Å². The molecule has 3 nitrogen and oxygen atoms in total. The zero-order valence-electron chi connectivity index (χ0n) is 5.96. The molecule has 0 bridgehead atoms. The second kappa shape index (κ2) is 4.37. The molecule has 0 aliphatic heterocycles. The zero-order chi connectivity index (χ0) is 8.97. The number of carbonyl (C=O) groups excluding carboxylic acids is 1. The van der Waals surface area contributed by atoms with Crippen LogP contribution in [0.15, 0.2) is 11.6 Å². The summed E-state index contributed by atoms with van der Waals surface area (Å²) in [6, 6.07) is 0. The summed E-state index contributed by atoms with van der Waals surface area (Å²) in [5, 5.41) is 4.35. The van der Waals surface area contributed by atoms with E-state index in [1.54, 1.807) is 5.38 Å². The summed E-state index contributed by atoms with van der Waals surface area (Å²) < 4.78 is 12.6. The molecule has 0 aliphatic carbocycles. The summed E-state index contributed by atoms with van der Waals surface area (Å²) >= 11 is 6.36. The number of nitrogens with one attached hydrogen (secondary N) is 1. The predicted molar refractivity (Wildman–Crippen MR) is 46.4 cm³/mol. The minimum absolute atomic E-state index is 0.336. The van der Waals surface area contributed by atoms with Gasteiger partial charge in [0.25, 0.3) is 5.91 Å². The molecular formula is C6H6ClFN2OS. The quantitative estimate of drug-likeness (QED) is 0.768. The Labute approximate surface area is 77.6 Å². The average molecular weight is 209 g/mol. The van der Waals surface area contributed by atoms with Gasteiger partial charge in [0, 0.05) is 11.6 Å². The van der Waals surface area contributed by atoms with Crippen molar-refractivity contribution in [2.24, 2.45) is 0 Å². The highest BCUT2D eigenvalue weighted by atomic mass is 35.5. The standard InChI is InChI=1S/C6H6ClFN2OS/c7-3-4(8)5(11)10-6-9-1-2-12-6/h1-2,4H,3H2,(H,9,10,11)/t4-/m0/s1. The minimum Gasteiger partial charge on any atom is -0.299 e. The Morgan fingerprint density at radius 3 is 3.17 bits per heavy atom. The van der Waals surface area contributed by atoms with E-state index in [9.17, 15) is 9.18 Å². The van der Waals surface area contributed by atoms with Gasteiger partial charge in [-0.3, -0.25) is 10.1 Å². The smallest absolute Gasteiger partial charge is 0.261 e. The maximum absolute atomic E-state index is 12.6. The monoisotopic (exact) mass is 208 g/mol. The van der Waals surface area contributed by atoms with Crippen LogP contribution < -0.4 is 5.32 Å². The molecule has 0 spiro atoms. The maximum atomic E-state index is 12.6. The van der Waals surface area contributed by atoms with Gasteiger partial charge in [-0.25, -0.2) is 9.37 Å². The molecule has 0 aromatic carbocycles. The van der Waals surface area contributed by atoms with Crippen LogP contribution in [0.2, 0.25) is 0 Å². The molecule has 1 aromatic rings. The first-order valence-corrected chi connectivity index (χ1v) is 4.56. The highest BCUT2D eigenvalue weighted by Gasteiger charge is 2.16. The summed E-state index contributed by atoms with van der Waals surface area (Å²) in [7, 11) is 0. The number of halogens is 2. The average Bonchev–Trinajstić information content (AvgIpc) is 2.55. The van der Waals surface area contributed by atoms with Crippen molar-refractivity contribution < 1.29 is 9.18 Å². The largest absolute Gasteiger partial charge is 0.299 e. The lowest BCUT2D eigenvalue weighted by atomic mass is 10.4. The molecule has 0 unspecified atom stereocenters. The summed E-state index contributed by atoms with van der Waals surface area (Å²) in [4.78, 5) is 14.6. The molecule has 1 N–H and O–H groups in total. The number of hydrogen-bond acceptors (Lipinski definition) is 3. The van der Waals surface area contributed by atoms with E-state index in [0.29, 0.717) is 5.13 Å². The molecule has 6 heteroatoms. The minimum atomic E-state index is -1.67. The predicted octanol–water partition coefficient (Wildman–Crippen LogP) is 1.66. The Balaban J connectivity index is 2.47. The number of amides is 1. The molecule has 0 saturated heterocycles. The summed E-state index contributed by atoms with van der Waals surface area (Å²) in [6.07, 6.45) is -0.149. The summed E-state index contributed by atoms with van der Waals surface area (Å²) in [6.45, 7) is 0. The molecule has 66 valence electrons. The van der Waals surface area contributed by atoms with E-state index in [-0.39, 0.29) is 5.88 Å². The van der Waals surface area contributed by atoms with Gasteiger partial charge >= 0.3 is 0 Å². The molecule has 12 heavy (non-hydrogen) atoms. The highest BCUT2D eigenvalue weighted by molar-refractivity contribution is 7.13. The van der Waals surface area contributed by atoms with Crippen molar-refractivity contribution in [3.8, 4) is 0 Å². The maximum Gasteiger partial charge on any atom is 0.261 e. The first-order chi connectivity index (χ1) is 5.74. The van der Waals surface area contributed by atoms with Crippen molar-refractivity contribution in [2.45, 2.75) is 6.17 Å². The van der Waals surface area contributed by atoms with Crippen molar-refractivity contribution in [3.05, 3.63) is 11.6 Å². The van der Waals surface area contributed by atoms with Crippen molar-refractivity contribution in [3.63, 3.8) is 0 Å². The van der Waals surface area contributed by atoms with Gasteiger partial charge in [0.15, 0.2) is 11.3 Å². The number of rotatable bonds is 3. The molecule has 1 heterocycles. The molecule has 1 rings (SSSR count). The molecule has 0 fully saturated rings. The number of aromatic nitrogens is 1. The molecule has 0 saturated carbocycles. The van der Waals surface area contributed by atoms with Crippen LogP contribution in [0.1, 0.15) is 0 Å². The second-order valence-electron chi connectivity index (χ2n) is 1.95. The van der Waals surface area contributed by atoms with Crippen LogP contribution in [0.3, 0.4) is 0 Å². The van der Waals surface area contributed by atoms with Crippen molar-refractivity contribution >= 4 is 34.0 Å². The third-order valence-electron chi connectivity index (χ3n) is 1.08. The van der Waals surface area contributed by atoms with Crippen LogP contribution in [-0.4, -0.2) is 22.9 Å². The molecule has 1 amide bonds. The fraction of sp³-hybridized carbons (Fsp3) is 0.333. The number of alkyl halides is 2. The topological polar surface area (TPSA) is 42.0 Å². The number of anilines is 1. The van der Waals surface area contributed by atoms with E-state index in [2.05, 4.69) is 10.3 Å². The Hall–Kier alpha value is -0.680. The van der Waals surface area contributed by atoms with E-state index in [1.807, 2.05) is 0 Å². The van der Waals surface area contributed by atoms with Gasteiger partial charge in [-0.05, 0) is 0 Å². The van der Waals surface area contributed by atoms with Crippen molar-refractivity contribution in [2.75, 3.05) is 11.2 Å². The summed E-state index contributed by atoms with van der Waals surface area (Å²) in [5.74, 6) is -1.09. The van der Waals surface area contributed by atoms with Gasteiger partial charge < -0.3 is 0 Å². The van der Waals surface area contributed by atoms with Gasteiger partial charge in [-0.2, -0.15) is 0 Å². The molecule has 1 aromatic heterocycles. The Kier molecular flexibility index (Phi) is 3.43. The Bertz CT molecular complexity index is 254. The van der Waals surface area contributed by atoms with E-state index in [1.165, 1.54) is 17.5 Å². The SMILES string of the molecule is O=C(Nc1nccs1)[C@@H](F)CCl. The lowest BCUT2D eigenvalue weighted by Gasteiger charge is -2.02. The third-order valence-corrected chi connectivity index (χ3v) is 2.04. The van der Waals surface area contributed by atoms with Crippen LogP contribution in [-0.2, 0) is 4.79 Å². The van der Waals surface area contributed by atoms with E-state index in [0.717, 1.165) is 0 Å². The fourth-order valence-electron chi connectivity index (χ4n) is 0.539. The molecule has 1 atom stereocenters. The molecule has 0 radical (unpaired) electrons. The Morgan fingerprint density at radius 1 is 1.92 bits per heavy atom. The number of hydrogen-bond donors (Lipinski definition) is 1. The molecule has 0 aliphatic rings. The number of thiazole rings is 1. The van der Waals surface area contributed by atoms with Gasteiger partial charge in [-0.15, -0.1) is 22.9 Å². The molecular weight excluding hydrogens is 203 g/mol. The zero-order valence-corrected chi connectivity index (χ0v) is 7.53. The number of nitrogens with zero attached hydrogens (tertiary/aromatic N) is 1. The number of carbonyl (C=O) groups is 1. The first kappa shape index (κ1) is 9.41. The van der Waals surface area contributed by atoms with Gasteiger partial charge in [0.1, 0.15) is 0 Å². The van der Waals surface area contributed by atoms with Crippen molar-refractivity contribution in [1.29, 1.82) is 0 Å². The Morgan fingerprint density at radius 2 is 2.67 bits per heavy atom. The van der Waals surface area contributed by atoms with Crippen LogP contribution in [0, 0.1) is 0 Å². The lowest BCUT2D eigenvalue weighted by Crippen LogP contribution is -2.25. The van der Waals surface area contributed by atoms with E-state index in [4.69, 9.17) is 11.6 Å². The van der Waals surface area contributed by atoms with Crippen LogP contribution in [0.5, 0.6) is 0 Å². The highest BCUT2D eigenvalue weighted by Crippen LogP contribution is 2.11. The lowest BCUT2D eigenvalue weighted by molar-refractivity contribution is -0.120. The first-order valence-electron chi connectivity index (χ1n) is 3.14. The van der Waals surface area contributed by atoms with E-state index < -0.39 is 12.1 Å². The summed E-state index contributed by atoms with van der Waals surface area (Å²) in [5.41, 5.74) is 0. The van der Waals surface area contributed by atoms with Crippen LogP contribution in [0.25, 0.3) is 0 Å². The fourth-order valence-corrected chi connectivity index (χ4v) is 1.21.